The maximum absolute atomic E-state index is 4.48. The van der Waals surface area contributed by atoms with Crippen LogP contribution in [0.15, 0.2) is 278 Å². The number of rotatable bonds is 12. The highest BCUT2D eigenvalue weighted by Crippen LogP contribution is 2.63. The van der Waals surface area contributed by atoms with Crippen LogP contribution in [-0.4, -0.2) is 0 Å². The fourth-order valence-corrected chi connectivity index (χ4v) is 16.4. The molecule has 10 aromatic rings. The van der Waals surface area contributed by atoms with Gasteiger partial charge in [-0.1, -0.05) is 241 Å². The van der Waals surface area contributed by atoms with Gasteiger partial charge in [0.15, 0.2) is 0 Å². The van der Waals surface area contributed by atoms with Crippen LogP contribution in [0.1, 0.15) is 126 Å². The molecule has 444 valence electrons. The lowest BCUT2D eigenvalue weighted by molar-refractivity contribution is 0.639. The van der Waals surface area contributed by atoms with Gasteiger partial charge in [-0.15, -0.1) is 0 Å². The second-order valence-electron chi connectivity index (χ2n) is 27.2. The van der Waals surface area contributed by atoms with Gasteiger partial charge in [0.05, 0.1) is 5.41 Å². The molecule has 0 bridgehead atoms. The monoisotopic (exact) mass is 1170 g/mol. The van der Waals surface area contributed by atoms with E-state index in [1.807, 2.05) is 6.08 Å². The molecule has 0 saturated carbocycles. The Balaban J connectivity index is 0.753. The molecule has 5 aliphatic carbocycles. The molecule has 2 heteroatoms. The SMILES string of the molecule is C=CC(/C=C/c1ccc2c(c1)C(C)(C)c1cc(N(c3ccccc3C)c3ccccc3C)ccc1-2)=C\C1=C(C)c2ccc(/C=C/C3=CC4=C(c5ccc(N(c6ccccc6C)c6ccccc6C)cc5C4(C)C)[C@H](C)C3)cc2C12c1ccccc1-c1ccccc12. The van der Waals surface area contributed by atoms with Crippen molar-refractivity contribution < 1.29 is 0 Å². The third-order valence-corrected chi connectivity index (χ3v) is 21.0. The summed E-state index contributed by atoms with van der Waals surface area (Å²) in [4.78, 5) is 4.89. The molecule has 0 unspecified atom stereocenters. The fourth-order valence-electron chi connectivity index (χ4n) is 16.4. The lowest BCUT2D eigenvalue weighted by Gasteiger charge is -2.32. The van der Waals surface area contributed by atoms with E-state index in [0.29, 0.717) is 5.92 Å². The van der Waals surface area contributed by atoms with Gasteiger partial charge in [0, 0.05) is 45.0 Å². The van der Waals surface area contributed by atoms with Crippen molar-refractivity contribution in [1.29, 1.82) is 0 Å². The van der Waals surface area contributed by atoms with Crippen LogP contribution in [0.3, 0.4) is 0 Å². The van der Waals surface area contributed by atoms with E-state index in [9.17, 15) is 0 Å². The summed E-state index contributed by atoms with van der Waals surface area (Å²) in [6.45, 7) is 27.7. The number of anilines is 6. The lowest BCUT2D eigenvalue weighted by atomic mass is 9.69. The van der Waals surface area contributed by atoms with Gasteiger partial charge in [0.25, 0.3) is 0 Å². The van der Waals surface area contributed by atoms with Crippen molar-refractivity contribution in [2.75, 3.05) is 9.80 Å². The third-order valence-electron chi connectivity index (χ3n) is 21.0. The van der Waals surface area contributed by atoms with E-state index in [0.717, 1.165) is 12.0 Å². The summed E-state index contributed by atoms with van der Waals surface area (Å²) in [5.41, 5.74) is 37.5. The normalized spacial score (nSPS) is 16.8. The number of fused-ring (bicyclic) bond motifs is 12. The van der Waals surface area contributed by atoms with E-state index >= 15 is 0 Å². The van der Waals surface area contributed by atoms with Gasteiger partial charge in [-0.2, -0.15) is 0 Å². The van der Waals surface area contributed by atoms with Gasteiger partial charge in [-0.25, -0.2) is 0 Å². The van der Waals surface area contributed by atoms with Crippen LogP contribution in [0.2, 0.25) is 0 Å². The zero-order valence-corrected chi connectivity index (χ0v) is 54.2. The number of nitrogens with zero attached hydrogens (tertiary/aromatic N) is 2. The Morgan fingerprint density at radius 1 is 0.429 bits per heavy atom. The van der Waals surface area contributed by atoms with Gasteiger partial charge in [0.1, 0.15) is 0 Å². The van der Waals surface area contributed by atoms with E-state index in [1.54, 1.807) is 0 Å². The summed E-state index contributed by atoms with van der Waals surface area (Å²) in [5, 5.41) is 0. The van der Waals surface area contributed by atoms with E-state index in [4.69, 9.17) is 0 Å². The number of allylic oxidation sites excluding steroid dienone is 11. The van der Waals surface area contributed by atoms with Crippen molar-refractivity contribution in [2.45, 2.75) is 91.9 Å². The third kappa shape index (κ3) is 9.04. The molecule has 15 rings (SSSR count). The molecule has 0 radical (unpaired) electrons. The number of benzene rings is 10. The fraction of sp³-hybridized carbons (Fsp3) is 0.169. The highest BCUT2D eigenvalue weighted by Gasteiger charge is 2.52. The number of aryl methyl sites for hydroxylation is 4. The summed E-state index contributed by atoms with van der Waals surface area (Å²) < 4.78 is 0. The topological polar surface area (TPSA) is 6.48 Å². The maximum atomic E-state index is 4.48. The minimum Gasteiger partial charge on any atom is -0.310 e. The first-order valence-corrected chi connectivity index (χ1v) is 32.6. The van der Waals surface area contributed by atoms with Gasteiger partial charge in [-0.05, 0) is 241 Å². The first-order chi connectivity index (χ1) is 44.1. The molecule has 0 amide bonds. The minimum absolute atomic E-state index is 0.183. The van der Waals surface area contributed by atoms with Crippen molar-refractivity contribution in [1.82, 2.24) is 0 Å². The first-order valence-electron chi connectivity index (χ1n) is 32.6. The summed E-state index contributed by atoms with van der Waals surface area (Å²) in [6, 6.07) is 81.8. The summed E-state index contributed by atoms with van der Waals surface area (Å²) in [7, 11) is 0. The molecule has 0 aliphatic heterocycles. The number of hydrogen-bond donors (Lipinski definition) is 0. The van der Waals surface area contributed by atoms with Crippen LogP contribution in [0.4, 0.5) is 34.1 Å². The summed E-state index contributed by atoms with van der Waals surface area (Å²) in [6.07, 6.45) is 17.3. The Bertz CT molecular complexity index is 4760. The molecule has 1 atom stereocenters. The zero-order valence-electron chi connectivity index (χ0n) is 54.2. The van der Waals surface area contributed by atoms with Gasteiger partial charge < -0.3 is 9.80 Å². The largest absolute Gasteiger partial charge is 0.310 e. The van der Waals surface area contributed by atoms with Crippen LogP contribution in [-0.2, 0) is 16.2 Å². The molecule has 91 heavy (non-hydrogen) atoms. The average Bonchev–Trinajstić information content (AvgIpc) is 1.56. The van der Waals surface area contributed by atoms with Crippen molar-refractivity contribution >= 4 is 57.4 Å². The standard InChI is InChI=1S/C89H78N2/c1-12-62(37-38-63-42-46-71-72-47-43-66(54-78(72)87(8,9)77(71)51-63)90(82-33-21-13-25-56(82)2)83-34-22-14-26-57(83)3)50-76-61(7)68-45-41-64(52-80(68)89(76)74-31-19-17-29-69(74)70-30-18-20-32-75(70)89)39-40-65-49-60(6)86-73-48-44-67(55-79(73)88(10,11)81(86)53-65)91(84-35-23-15-27-58(84)4)85-36-24-16-28-59(85)5/h12-48,50-55,60H,1,49H2,2-11H3/b38-37+,40-39+,62-50+/t60-/m1/s1. The minimum atomic E-state index is -0.528. The van der Waals surface area contributed by atoms with Crippen molar-refractivity contribution in [3.05, 3.63) is 356 Å². The van der Waals surface area contributed by atoms with Crippen LogP contribution in [0.25, 0.3) is 45.6 Å². The van der Waals surface area contributed by atoms with Gasteiger partial charge >= 0.3 is 0 Å². The lowest BCUT2D eigenvalue weighted by Crippen LogP contribution is -2.27. The van der Waals surface area contributed by atoms with E-state index in [1.165, 1.54) is 162 Å². The van der Waals surface area contributed by atoms with Crippen LogP contribution in [0.5, 0.6) is 0 Å². The molecule has 2 nitrogen and oxygen atoms in total. The second kappa shape index (κ2) is 21.9. The Labute approximate surface area is 539 Å². The van der Waals surface area contributed by atoms with Crippen molar-refractivity contribution in [3.8, 4) is 22.3 Å². The Hall–Kier alpha value is -10.0. The molecule has 0 fully saturated rings. The Morgan fingerprint density at radius 2 is 0.857 bits per heavy atom. The van der Waals surface area contributed by atoms with E-state index in [-0.39, 0.29) is 10.8 Å². The molecule has 0 N–H and O–H groups in total. The summed E-state index contributed by atoms with van der Waals surface area (Å²) >= 11 is 0. The summed E-state index contributed by atoms with van der Waals surface area (Å²) in [5.74, 6) is 0.366. The van der Waals surface area contributed by atoms with Crippen molar-refractivity contribution in [2.24, 2.45) is 5.92 Å². The zero-order chi connectivity index (χ0) is 62.7. The number of hydrogen-bond acceptors (Lipinski definition) is 2. The Morgan fingerprint density at radius 3 is 1.38 bits per heavy atom. The second-order valence-corrected chi connectivity index (χ2v) is 27.2. The first kappa shape index (κ1) is 57.4. The molecular weight excluding hydrogens is 1100 g/mol. The molecule has 0 aromatic heterocycles. The average molecular weight is 1180 g/mol. The van der Waals surface area contributed by atoms with Crippen LogP contribution < -0.4 is 9.80 Å². The predicted molar refractivity (Wildman–Crippen MR) is 388 cm³/mol. The van der Waals surface area contributed by atoms with Crippen molar-refractivity contribution in [3.63, 3.8) is 0 Å². The Kier molecular flexibility index (Phi) is 13.8. The van der Waals surface area contributed by atoms with E-state index < -0.39 is 5.41 Å². The molecule has 1 spiro atoms. The molecule has 10 aromatic carbocycles. The maximum Gasteiger partial charge on any atom is 0.0722 e. The number of para-hydroxylation sites is 4. The van der Waals surface area contributed by atoms with Gasteiger partial charge in [0.2, 0.25) is 0 Å². The molecule has 0 heterocycles. The highest BCUT2D eigenvalue weighted by atomic mass is 15.2. The molecule has 0 saturated heterocycles. The highest BCUT2D eigenvalue weighted by molar-refractivity contribution is 5.97. The molecular formula is C89H78N2. The predicted octanol–water partition coefficient (Wildman–Crippen LogP) is 23.8. The van der Waals surface area contributed by atoms with E-state index in [2.05, 4.69) is 340 Å². The molecule has 5 aliphatic rings. The smallest absolute Gasteiger partial charge is 0.0722 e. The van der Waals surface area contributed by atoms with Crippen LogP contribution in [0, 0.1) is 33.6 Å². The quantitative estimate of drug-likeness (QED) is 0.113. The van der Waals surface area contributed by atoms with Gasteiger partial charge in [-0.3, -0.25) is 0 Å². The van der Waals surface area contributed by atoms with Crippen LogP contribution >= 0.6 is 0 Å².